The number of carbonyl (C=O) groups is 2. The molecule has 1 aliphatic heterocycles. The first kappa shape index (κ1) is 16.1. The Labute approximate surface area is 153 Å². The molecule has 3 aromatic rings. The number of rotatable bonds is 3. The van der Waals surface area contributed by atoms with Gasteiger partial charge in [-0.3, -0.25) is 9.59 Å². The molecule has 6 heteroatoms. The molecule has 0 radical (unpaired) electrons. The Kier molecular flexibility index (Phi) is 4.15. The number of nitrogens with one attached hydrogen (secondary N) is 2. The molecule has 1 aromatic carbocycles. The number of hydrogen-bond acceptors (Lipinski definition) is 4. The van der Waals surface area contributed by atoms with Crippen LogP contribution in [0, 0.1) is 6.92 Å². The number of fused-ring (bicyclic) bond motifs is 1. The molecule has 0 aliphatic carbocycles. The number of thiophene rings is 2. The van der Waals surface area contributed by atoms with Crippen LogP contribution < -0.4 is 10.6 Å². The smallest absolute Gasteiger partial charge is 0.266 e. The second-order valence-electron chi connectivity index (χ2n) is 5.98. The number of anilines is 2. The summed E-state index contributed by atoms with van der Waals surface area (Å²) in [7, 11) is 0. The number of para-hydroxylation sites is 1. The van der Waals surface area contributed by atoms with E-state index < -0.39 is 0 Å². The lowest BCUT2D eigenvalue weighted by Crippen LogP contribution is -2.22. The van der Waals surface area contributed by atoms with E-state index >= 15 is 0 Å². The summed E-state index contributed by atoms with van der Waals surface area (Å²) in [4.78, 5) is 25.5. The molecule has 0 saturated heterocycles. The van der Waals surface area contributed by atoms with E-state index in [1.807, 2.05) is 42.6 Å². The zero-order valence-corrected chi connectivity index (χ0v) is 15.2. The minimum atomic E-state index is -0.138. The van der Waals surface area contributed by atoms with Gasteiger partial charge in [-0.2, -0.15) is 11.3 Å². The highest BCUT2D eigenvalue weighted by atomic mass is 32.1. The van der Waals surface area contributed by atoms with E-state index in [0.717, 1.165) is 27.4 Å². The summed E-state index contributed by atoms with van der Waals surface area (Å²) < 4.78 is 0. The predicted molar refractivity (Wildman–Crippen MR) is 103 cm³/mol. The van der Waals surface area contributed by atoms with E-state index in [0.29, 0.717) is 11.3 Å². The summed E-state index contributed by atoms with van der Waals surface area (Å²) in [6.45, 7) is 1.96. The van der Waals surface area contributed by atoms with Gasteiger partial charge in [0.05, 0.1) is 9.88 Å². The molecule has 3 heterocycles. The number of benzene rings is 1. The molecule has 2 N–H and O–H groups in total. The van der Waals surface area contributed by atoms with Crippen molar-refractivity contribution in [1.82, 2.24) is 0 Å². The van der Waals surface area contributed by atoms with Crippen LogP contribution in [0.2, 0.25) is 0 Å². The third kappa shape index (κ3) is 2.99. The summed E-state index contributed by atoms with van der Waals surface area (Å²) in [5.74, 6) is -0.120. The molecule has 0 spiro atoms. The van der Waals surface area contributed by atoms with Gasteiger partial charge in [0.15, 0.2) is 0 Å². The second-order valence-corrected chi connectivity index (χ2v) is 7.78. The summed E-state index contributed by atoms with van der Waals surface area (Å²) in [6.07, 6.45) is 0.418. The maximum absolute atomic E-state index is 12.7. The van der Waals surface area contributed by atoms with Gasteiger partial charge in [0.1, 0.15) is 0 Å². The number of hydrogen-bond donors (Lipinski definition) is 2. The van der Waals surface area contributed by atoms with Crippen molar-refractivity contribution in [3.63, 3.8) is 0 Å². The van der Waals surface area contributed by atoms with Gasteiger partial charge in [0, 0.05) is 18.0 Å². The molecule has 1 aliphatic rings. The van der Waals surface area contributed by atoms with Crippen molar-refractivity contribution < 1.29 is 9.59 Å². The van der Waals surface area contributed by atoms with E-state index in [2.05, 4.69) is 22.1 Å². The largest absolute Gasteiger partial charge is 0.321 e. The monoisotopic (exact) mass is 368 g/mol. The van der Waals surface area contributed by atoms with Crippen molar-refractivity contribution in [2.75, 3.05) is 10.6 Å². The fraction of sp³-hybridized carbons (Fsp3) is 0.158. The molecule has 1 atom stereocenters. The van der Waals surface area contributed by atoms with Gasteiger partial charge in [-0.05, 0) is 52.6 Å². The van der Waals surface area contributed by atoms with Crippen LogP contribution in [0.25, 0.3) is 0 Å². The van der Waals surface area contributed by atoms with Crippen LogP contribution in [0.15, 0.2) is 47.2 Å². The van der Waals surface area contributed by atoms with Crippen molar-refractivity contribution in [1.29, 1.82) is 0 Å². The Balaban J connectivity index is 1.71. The van der Waals surface area contributed by atoms with Crippen LogP contribution in [-0.4, -0.2) is 11.8 Å². The fourth-order valence-corrected chi connectivity index (χ4v) is 5.08. The second kappa shape index (κ2) is 6.46. The summed E-state index contributed by atoms with van der Waals surface area (Å²) >= 11 is 2.98. The highest BCUT2D eigenvalue weighted by Crippen LogP contribution is 2.45. The lowest BCUT2D eigenvalue weighted by molar-refractivity contribution is -0.116. The Morgan fingerprint density at radius 3 is 2.76 bits per heavy atom. The summed E-state index contributed by atoms with van der Waals surface area (Å²) in [5.41, 5.74) is 3.92. The van der Waals surface area contributed by atoms with Crippen LogP contribution >= 0.6 is 22.7 Å². The molecular formula is C19H16N2O2S2. The van der Waals surface area contributed by atoms with Gasteiger partial charge < -0.3 is 10.6 Å². The fourth-order valence-electron chi connectivity index (χ4n) is 3.19. The maximum atomic E-state index is 12.7. The highest BCUT2D eigenvalue weighted by molar-refractivity contribution is 7.18. The van der Waals surface area contributed by atoms with E-state index in [4.69, 9.17) is 0 Å². The van der Waals surface area contributed by atoms with Crippen molar-refractivity contribution in [3.8, 4) is 0 Å². The molecule has 1 unspecified atom stereocenters. The first-order valence-corrected chi connectivity index (χ1v) is 9.71. The third-order valence-electron chi connectivity index (χ3n) is 4.37. The molecule has 2 amide bonds. The lowest BCUT2D eigenvalue weighted by atomic mass is 9.86. The quantitative estimate of drug-likeness (QED) is 0.695. The van der Waals surface area contributed by atoms with Gasteiger partial charge in [0.25, 0.3) is 5.91 Å². The summed E-state index contributed by atoms with van der Waals surface area (Å²) in [6, 6.07) is 11.4. The van der Waals surface area contributed by atoms with Gasteiger partial charge in [0.2, 0.25) is 5.91 Å². The van der Waals surface area contributed by atoms with Crippen LogP contribution in [0.4, 0.5) is 10.7 Å². The topological polar surface area (TPSA) is 58.2 Å². The number of carbonyl (C=O) groups excluding carboxylic acids is 2. The molecular weight excluding hydrogens is 352 g/mol. The molecule has 4 rings (SSSR count). The van der Waals surface area contributed by atoms with E-state index in [1.165, 1.54) is 11.3 Å². The zero-order valence-electron chi connectivity index (χ0n) is 13.5. The third-order valence-corrected chi connectivity index (χ3v) is 6.29. The molecule has 0 saturated carbocycles. The van der Waals surface area contributed by atoms with Crippen molar-refractivity contribution in [2.45, 2.75) is 19.3 Å². The first-order chi connectivity index (χ1) is 12.1. The van der Waals surface area contributed by atoms with Gasteiger partial charge in [-0.25, -0.2) is 0 Å². The van der Waals surface area contributed by atoms with Gasteiger partial charge >= 0.3 is 0 Å². The van der Waals surface area contributed by atoms with Crippen molar-refractivity contribution >= 4 is 45.2 Å². The Bertz CT molecular complexity index is 930. The molecule has 126 valence electrons. The zero-order chi connectivity index (χ0) is 17.4. The van der Waals surface area contributed by atoms with E-state index in [-0.39, 0.29) is 17.7 Å². The average molecular weight is 368 g/mol. The highest BCUT2D eigenvalue weighted by Gasteiger charge is 2.32. The van der Waals surface area contributed by atoms with Crippen molar-refractivity contribution in [2.24, 2.45) is 0 Å². The minimum absolute atomic E-state index is 0.0000301. The van der Waals surface area contributed by atoms with Crippen LogP contribution in [0.1, 0.15) is 38.7 Å². The van der Waals surface area contributed by atoms with Crippen LogP contribution in [-0.2, 0) is 4.79 Å². The molecule has 4 nitrogen and oxygen atoms in total. The standard InChI is InChI=1S/C19H16N2O2S2/c1-11-16-14(12-7-8-24-10-12)9-15(22)21-19(16)25-17(11)18(23)20-13-5-3-2-4-6-13/h2-8,10,14H,9H2,1H3,(H,20,23)(H,21,22). The summed E-state index contributed by atoms with van der Waals surface area (Å²) in [5, 5.41) is 10.8. The van der Waals surface area contributed by atoms with E-state index in [9.17, 15) is 9.59 Å². The molecule has 25 heavy (non-hydrogen) atoms. The molecule has 0 fully saturated rings. The molecule has 2 aromatic heterocycles. The van der Waals surface area contributed by atoms with Crippen LogP contribution in [0.3, 0.4) is 0 Å². The van der Waals surface area contributed by atoms with Gasteiger partial charge in [-0.1, -0.05) is 18.2 Å². The normalized spacial score (nSPS) is 16.2. The maximum Gasteiger partial charge on any atom is 0.266 e. The average Bonchev–Trinajstić information content (AvgIpc) is 3.23. The van der Waals surface area contributed by atoms with Gasteiger partial charge in [-0.15, -0.1) is 11.3 Å². The Morgan fingerprint density at radius 1 is 1.24 bits per heavy atom. The molecule has 0 bridgehead atoms. The van der Waals surface area contributed by atoms with E-state index in [1.54, 1.807) is 11.3 Å². The lowest BCUT2D eigenvalue weighted by Gasteiger charge is -2.23. The SMILES string of the molecule is Cc1c(C(=O)Nc2ccccc2)sc2c1C(c1ccsc1)CC(=O)N2. The number of amides is 2. The minimum Gasteiger partial charge on any atom is -0.321 e. The van der Waals surface area contributed by atoms with Crippen LogP contribution in [0.5, 0.6) is 0 Å². The van der Waals surface area contributed by atoms with Crippen molar-refractivity contribution in [3.05, 3.63) is 68.7 Å². The first-order valence-electron chi connectivity index (χ1n) is 7.95. The Hall–Kier alpha value is -2.44. The Morgan fingerprint density at radius 2 is 2.04 bits per heavy atom. The predicted octanol–water partition coefficient (Wildman–Crippen LogP) is 4.84.